The Hall–Kier alpha value is -1.91. The van der Waals surface area contributed by atoms with E-state index in [1.165, 1.54) is 18.6 Å². The fourth-order valence-corrected chi connectivity index (χ4v) is 3.79. The molecule has 130 valence electrons. The van der Waals surface area contributed by atoms with Crippen LogP contribution in [0, 0.1) is 11.7 Å². The number of halogens is 1. The maximum atomic E-state index is 13.8. The molecule has 2 fully saturated rings. The highest BCUT2D eigenvalue weighted by atomic mass is 19.1. The van der Waals surface area contributed by atoms with Crippen molar-refractivity contribution in [1.29, 1.82) is 0 Å². The summed E-state index contributed by atoms with van der Waals surface area (Å²) in [4.78, 5) is 28.9. The van der Waals surface area contributed by atoms with Crippen LogP contribution in [0.4, 0.5) is 4.39 Å². The van der Waals surface area contributed by atoms with Crippen molar-refractivity contribution in [3.63, 3.8) is 0 Å². The van der Waals surface area contributed by atoms with Crippen LogP contribution in [0.1, 0.15) is 49.4 Å². The van der Waals surface area contributed by atoms with E-state index < -0.39 is 5.82 Å². The molecule has 0 unspecified atom stereocenters. The summed E-state index contributed by atoms with van der Waals surface area (Å²) in [5.41, 5.74) is 0.118. The Kier molecular flexibility index (Phi) is 5.17. The number of piperidine rings is 2. The van der Waals surface area contributed by atoms with Gasteiger partial charge in [-0.15, -0.1) is 0 Å². The normalized spacial score (nSPS) is 22.5. The zero-order valence-corrected chi connectivity index (χ0v) is 14.2. The van der Waals surface area contributed by atoms with Crippen LogP contribution in [0.5, 0.6) is 0 Å². The summed E-state index contributed by atoms with van der Waals surface area (Å²) in [6.45, 7) is 4.01. The zero-order valence-electron chi connectivity index (χ0n) is 14.2. The molecule has 0 saturated carbocycles. The van der Waals surface area contributed by atoms with E-state index in [0.29, 0.717) is 32.0 Å². The number of benzene rings is 1. The Morgan fingerprint density at radius 3 is 2.42 bits per heavy atom. The maximum absolute atomic E-state index is 13.8. The molecular formula is C19H25FN2O2. The molecule has 2 saturated heterocycles. The van der Waals surface area contributed by atoms with Crippen LogP contribution in [0.2, 0.25) is 0 Å². The van der Waals surface area contributed by atoms with Gasteiger partial charge in [0.05, 0.1) is 5.56 Å². The van der Waals surface area contributed by atoms with E-state index in [2.05, 4.69) is 6.92 Å². The Bertz CT molecular complexity index is 611. The SMILES string of the molecule is C[C@@H]1CCCCN1C(=O)C1CCN(C(=O)c2ccccc2F)CC1. The zero-order chi connectivity index (χ0) is 17.1. The number of likely N-dealkylation sites (tertiary alicyclic amines) is 2. The molecule has 0 N–H and O–H groups in total. The second-order valence-corrected chi connectivity index (χ2v) is 6.92. The highest BCUT2D eigenvalue weighted by Gasteiger charge is 2.33. The smallest absolute Gasteiger partial charge is 0.256 e. The molecule has 5 heteroatoms. The van der Waals surface area contributed by atoms with Gasteiger partial charge in [0.1, 0.15) is 5.82 Å². The van der Waals surface area contributed by atoms with Gasteiger partial charge in [0.2, 0.25) is 5.91 Å². The van der Waals surface area contributed by atoms with Gasteiger partial charge in [0.15, 0.2) is 0 Å². The molecule has 0 spiro atoms. The summed E-state index contributed by atoms with van der Waals surface area (Å²) in [5, 5.41) is 0. The third kappa shape index (κ3) is 3.45. The molecular weight excluding hydrogens is 307 g/mol. The van der Waals surface area contributed by atoms with Crippen molar-refractivity contribution in [1.82, 2.24) is 9.80 Å². The first-order valence-electron chi connectivity index (χ1n) is 8.92. The number of carbonyl (C=O) groups excluding carboxylic acids is 2. The monoisotopic (exact) mass is 332 g/mol. The predicted molar refractivity (Wildman–Crippen MR) is 90.1 cm³/mol. The molecule has 0 aliphatic carbocycles. The fraction of sp³-hybridized carbons (Fsp3) is 0.579. The van der Waals surface area contributed by atoms with Crippen LogP contribution in [-0.2, 0) is 4.79 Å². The summed E-state index contributed by atoms with van der Waals surface area (Å²) in [5.74, 6) is -0.524. The summed E-state index contributed by atoms with van der Waals surface area (Å²) < 4.78 is 13.8. The van der Waals surface area contributed by atoms with Gasteiger partial charge in [-0.2, -0.15) is 0 Å². The van der Waals surface area contributed by atoms with E-state index in [1.54, 1.807) is 17.0 Å². The maximum Gasteiger partial charge on any atom is 0.256 e. The van der Waals surface area contributed by atoms with Crippen LogP contribution in [0.25, 0.3) is 0 Å². The lowest BCUT2D eigenvalue weighted by Gasteiger charge is -2.38. The second kappa shape index (κ2) is 7.32. The first kappa shape index (κ1) is 16.9. The highest BCUT2D eigenvalue weighted by molar-refractivity contribution is 5.94. The number of hydrogen-bond acceptors (Lipinski definition) is 2. The van der Waals surface area contributed by atoms with Gasteiger partial charge >= 0.3 is 0 Å². The second-order valence-electron chi connectivity index (χ2n) is 6.92. The van der Waals surface area contributed by atoms with E-state index >= 15 is 0 Å². The molecule has 2 aliphatic rings. The summed E-state index contributed by atoms with van der Waals surface area (Å²) in [6.07, 6.45) is 4.70. The van der Waals surface area contributed by atoms with Gasteiger partial charge in [-0.05, 0) is 51.2 Å². The van der Waals surface area contributed by atoms with Crippen molar-refractivity contribution in [3.05, 3.63) is 35.6 Å². The van der Waals surface area contributed by atoms with Gasteiger partial charge in [-0.1, -0.05) is 12.1 Å². The van der Waals surface area contributed by atoms with Gasteiger partial charge in [-0.25, -0.2) is 4.39 Å². The molecule has 1 aromatic rings. The topological polar surface area (TPSA) is 40.6 Å². The molecule has 3 rings (SSSR count). The van der Waals surface area contributed by atoms with E-state index in [9.17, 15) is 14.0 Å². The number of nitrogens with zero attached hydrogens (tertiary/aromatic N) is 2. The third-order valence-electron chi connectivity index (χ3n) is 5.32. The molecule has 0 aromatic heterocycles. The van der Waals surface area contributed by atoms with Gasteiger partial charge in [0, 0.05) is 31.6 Å². The standard InChI is InChI=1S/C19H25FN2O2/c1-14-6-4-5-11-22(14)18(23)15-9-12-21(13-10-15)19(24)16-7-2-3-8-17(16)20/h2-3,7-8,14-15H,4-6,9-13H2,1H3/t14-/m1/s1. The minimum Gasteiger partial charge on any atom is -0.340 e. The summed E-state index contributed by atoms with van der Waals surface area (Å²) >= 11 is 0. The molecule has 2 aliphatic heterocycles. The molecule has 2 heterocycles. The van der Waals surface area contributed by atoms with Crippen molar-refractivity contribution >= 4 is 11.8 Å². The minimum atomic E-state index is -0.483. The number of carbonyl (C=O) groups is 2. The van der Waals surface area contributed by atoms with Crippen LogP contribution in [-0.4, -0.2) is 47.3 Å². The van der Waals surface area contributed by atoms with E-state index in [0.717, 1.165) is 19.4 Å². The molecule has 0 bridgehead atoms. The lowest BCUT2D eigenvalue weighted by molar-refractivity contribution is -0.140. The van der Waals surface area contributed by atoms with Crippen molar-refractivity contribution in [3.8, 4) is 0 Å². The van der Waals surface area contributed by atoms with Gasteiger partial charge in [-0.3, -0.25) is 9.59 Å². The predicted octanol–water partition coefficient (Wildman–Crippen LogP) is 3.08. The van der Waals surface area contributed by atoms with Crippen molar-refractivity contribution in [2.45, 2.75) is 45.1 Å². The Labute approximate surface area is 142 Å². The molecule has 24 heavy (non-hydrogen) atoms. The van der Waals surface area contributed by atoms with E-state index in [-0.39, 0.29) is 23.3 Å². The lowest BCUT2D eigenvalue weighted by Crippen LogP contribution is -2.48. The average Bonchev–Trinajstić information content (AvgIpc) is 2.61. The van der Waals surface area contributed by atoms with Crippen molar-refractivity contribution < 1.29 is 14.0 Å². The molecule has 1 atom stereocenters. The molecule has 1 aromatic carbocycles. The van der Waals surface area contributed by atoms with Gasteiger partial charge < -0.3 is 9.80 Å². The number of amides is 2. The molecule has 4 nitrogen and oxygen atoms in total. The Balaban J connectivity index is 1.58. The largest absolute Gasteiger partial charge is 0.340 e. The first-order chi connectivity index (χ1) is 11.6. The average molecular weight is 332 g/mol. The Morgan fingerprint density at radius 2 is 1.75 bits per heavy atom. The first-order valence-corrected chi connectivity index (χ1v) is 8.92. The van der Waals surface area contributed by atoms with Gasteiger partial charge in [0.25, 0.3) is 5.91 Å². The minimum absolute atomic E-state index is 0.00443. The van der Waals surface area contributed by atoms with E-state index in [1.807, 2.05) is 4.90 Å². The van der Waals surface area contributed by atoms with Crippen LogP contribution in [0.15, 0.2) is 24.3 Å². The van der Waals surface area contributed by atoms with Crippen LogP contribution >= 0.6 is 0 Å². The van der Waals surface area contributed by atoms with Crippen molar-refractivity contribution in [2.75, 3.05) is 19.6 Å². The van der Waals surface area contributed by atoms with E-state index in [4.69, 9.17) is 0 Å². The Morgan fingerprint density at radius 1 is 1.04 bits per heavy atom. The van der Waals surface area contributed by atoms with Crippen LogP contribution < -0.4 is 0 Å². The van der Waals surface area contributed by atoms with Crippen molar-refractivity contribution in [2.24, 2.45) is 5.92 Å². The number of hydrogen-bond donors (Lipinski definition) is 0. The molecule has 2 amide bonds. The number of rotatable bonds is 2. The third-order valence-corrected chi connectivity index (χ3v) is 5.32. The quantitative estimate of drug-likeness (QED) is 0.835. The lowest BCUT2D eigenvalue weighted by atomic mass is 9.92. The van der Waals surface area contributed by atoms with Crippen LogP contribution in [0.3, 0.4) is 0 Å². The fourth-order valence-electron chi connectivity index (χ4n) is 3.79. The summed E-state index contributed by atoms with van der Waals surface area (Å²) in [6, 6.07) is 6.40. The highest BCUT2D eigenvalue weighted by Crippen LogP contribution is 2.25. The molecule has 0 radical (unpaired) electrons. The summed E-state index contributed by atoms with van der Waals surface area (Å²) in [7, 11) is 0.